The van der Waals surface area contributed by atoms with Gasteiger partial charge in [-0.1, -0.05) is 55.8 Å². The van der Waals surface area contributed by atoms with Gasteiger partial charge < -0.3 is 15.5 Å². The van der Waals surface area contributed by atoms with Crippen molar-refractivity contribution in [2.75, 3.05) is 38.0 Å². The van der Waals surface area contributed by atoms with E-state index in [1.807, 2.05) is 32.0 Å². The number of nitrogens with zero attached hydrogens (tertiary/aromatic N) is 2. The minimum Gasteiger partial charge on any atom is -0.352 e. The lowest BCUT2D eigenvalue weighted by molar-refractivity contribution is 0.0949. The molecule has 1 heterocycles. The summed E-state index contributed by atoms with van der Waals surface area (Å²) in [5.74, 6) is 0.153. The summed E-state index contributed by atoms with van der Waals surface area (Å²) >= 11 is 6.27. The Kier molecular flexibility index (Phi) is 7.71. The maximum atomic E-state index is 12.6. The summed E-state index contributed by atoms with van der Waals surface area (Å²) in [5.41, 5.74) is 2.27. The molecule has 1 fully saturated rings. The lowest BCUT2D eigenvalue weighted by atomic mass is 10.1. The SMILES string of the molecule is CC(C)CNC(=O)c1ccc(NC(=O)N2CCN(Cc3ccccc3)CC2)cc1Cl. The van der Waals surface area contributed by atoms with E-state index in [2.05, 4.69) is 27.7 Å². The van der Waals surface area contributed by atoms with Crippen molar-refractivity contribution < 1.29 is 9.59 Å². The van der Waals surface area contributed by atoms with Gasteiger partial charge in [0.15, 0.2) is 0 Å². The number of nitrogens with one attached hydrogen (secondary N) is 2. The summed E-state index contributed by atoms with van der Waals surface area (Å²) in [7, 11) is 0. The van der Waals surface area contributed by atoms with Crippen LogP contribution >= 0.6 is 11.6 Å². The quantitative estimate of drug-likeness (QED) is 0.728. The second kappa shape index (κ2) is 10.5. The average molecular weight is 429 g/mol. The van der Waals surface area contributed by atoms with Crippen LogP contribution in [0.25, 0.3) is 0 Å². The molecular formula is C23H29ClN4O2. The van der Waals surface area contributed by atoms with Crippen LogP contribution < -0.4 is 10.6 Å². The van der Waals surface area contributed by atoms with Gasteiger partial charge in [0.05, 0.1) is 10.6 Å². The van der Waals surface area contributed by atoms with Gasteiger partial charge in [-0.15, -0.1) is 0 Å². The number of carbonyl (C=O) groups is 2. The van der Waals surface area contributed by atoms with Crippen LogP contribution in [-0.4, -0.2) is 54.5 Å². The molecule has 0 aliphatic carbocycles. The van der Waals surface area contributed by atoms with Gasteiger partial charge in [-0.3, -0.25) is 9.69 Å². The second-order valence-corrected chi connectivity index (χ2v) is 8.38. The largest absolute Gasteiger partial charge is 0.352 e. The first kappa shape index (κ1) is 22.1. The Balaban J connectivity index is 1.50. The summed E-state index contributed by atoms with van der Waals surface area (Å²) in [4.78, 5) is 29.0. The molecule has 1 aliphatic rings. The average Bonchev–Trinajstić information content (AvgIpc) is 2.73. The third-order valence-electron chi connectivity index (χ3n) is 5.04. The maximum absolute atomic E-state index is 12.6. The molecule has 0 spiro atoms. The van der Waals surface area contributed by atoms with E-state index < -0.39 is 0 Å². The minimum absolute atomic E-state index is 0.151. The zero-order valence-corrected chi connectivity index (χ0v) is 18.3. The highest BCUT2D eigenvalue weighted by atomic mass is 35.5. The predicted molar refractivity (Wildman–Crippen MR) is 121 cm³/mol. The molecule has 0 radical (unpaired) electrons. The number of halogens is 1. The summed E-state index contributed by atoms with van der Waals surface area (Å²) in [6.45, 7) is 8.54. The highest BCUT2D eigenvalue weighted by Crippen LogP contribution is 2.21. The summed E-state index contributed by atoms with van der Waals surface area (Å²) in [6, 6.07) is 15.2. The highest BCUT2D eigenvalue weighted by Gasteiger charge is 2.21. The van der Waals surface area contributed by atoms with E-state index in [1.54, 1.807) is 23.1 Å². The van der Waals surface area contributed by atoms with Crippen molar-refractivity contribution in [3.05, 3.63) is 64.7 Å². The zero-order chi connectivity index (χ0) is 21.5. The fraction of sp³-hybridized carbons (Fsp3) is 0.391. The summed E-state index contributed by atoms with van der Waals surface area (Å²) in [6.07, 6.45) is 0. The molecule has 0 saturated carbocycles. The van der Waals surface area contributed by atoms with E-state index >= 15 is 0 Å². The van der Waals surface area contributed by atoms with Gasteiger partial charge in [-0.05, 0) is 29.7 Å². The number of rotatable bonds is 6. The van der Waals surface area contributed by atoms with Crippen molar-refractivity contribution in [2.24, 2.45) is 5.92 Å². The molecule has 6 nitrogen and oxygen atoms in total. The summed E-state index contributed by atoms with van der Waals surface area (Å²) < 4.78 is 0. The third kappa shape index (κ3) is 6.21. The Morgan fingerprint density at radius 1 is 1.03 bits per heavy atom. The molecular weight excluding hydrogens is 400 g/mol. The molecule has 0 aromatic heterocycles. The molecule has 0 atom stereocenters. The third-order valence-corrected chi connectivity index (χ3v) is 5.36. The normalized spacial score (nSPS) is 14.6. The number of amides is 3. The lowest BCUT2D eigenvalue weighted by Crippen LogP contribution is -2.49. The van der Waals surface area contributed by atoms with Gasteiger partial charge in [-0.2, -0.15) is 0 Å². The van der Waals surface area contributed by atoms with Gasteiger partial charge in [0, 0.05) is 45.0 Å². The van der Waals surface area contributed by atoms with E-state index in [4.69, 9.17) is 11.6 Å². The predicted octanol–water partition coefficient (Wildman–Crippen LogP) is 4.08. The van der Waals surface area contributed by atoms with E-state index in [9.17, 15) is 9.59 Å². The molecule has 0 bridgehead atoms. The van der Waals surface area contributed by atoms with E-state index in [0.29, 0.717) is 41.8 Å². The molecule has 30 heavy (non-hydrogen) atoms. The number of hydrogen-bond donors (Lipinski definition) is 2. The fourth-order valence-corrected chi connectivity index (χ4v) is 3.59. The molecule has 3 amide bonds. The van der Waals surface area contributed by atoms with Crippen LogP contribution in [0.3, 0.4) is 0 Å². The van der Waals surface area contributed by atoms with Gasteiger partial charge in [0.2, 0.25) is 0 Å². The van der Waals surface area contributed by atoms with Crippen LogP contribution in [-0.2, 0) is 6.54 Å². The highest BCUT2D eigenvalue weighted by molar-refractivity contribution is 6.34. The van der Waals surface area contributed by atoms with Crippen molar-refractivity contribution in [1.82, 2.24) is 15.1 Å². The van der Waals surface area contributed by atoms with Gasteiger partial charge >= 0.3 is 6.03 Å². The molecule has 2 aromatic rings. The van der Waals surface area contributed by atoms with E-state index in [1.165, 1.54) is 5.56 Å². The first-order valence-corrected chi connectivity index (χ1v) is 10.7. The monoisotopic (exact) mass is 428 g/mol. The zero-order valence-electron chi connectivity index (χ0n) is 17.5. The molecule has 2 aromatic carbocycles. The minimum atomic E-state index is -0.207. The van der Waals surface area contributed by atoms with Crippen molar-refractivity contribution in [3.8, 4) is 0 Å². The van der Waals surface area contributed by atoms with Crippen LogP contribution in [0.4, 0.5) is 10.5 Å². The van der Waals surface area contributed by atoms with E-state index in [-0.39, 0.29) is 11.9 Å². The van der Waals surface area contributed by atoms with Crippen LogP contribution in [0.15, 0.2) is 48.5 Å². The number of anilines is 1. The summed E-state index contributed by atoms with van der Waals surface area (Å²) in [5, 5.41) is 6.06. The first-order chi connectivity index (χ1) is 14.4. The smallest absolute Gasteiger partial charge is 0.321 e. The van der Waals surface area contributed by atoms with E-state index in [0.717, 1.165) is 19.6 Å². The van der Waals surface area contributed by atoms with Crippen molar-refractivity contribution in [1.29, 1.82) is 0 Å². The molecule has 0 unspecified atom stereocenters. The van der Waals surface area contributed by atoms with Crippen molar-refractivity contribution >= 4 is 29.2 Å². The molecule has 3 rings (SSSR count). The fourth-order valence-electron chi connectivity index (χ4n) is 3.32. The van der Waals surface area contributed by atoms with Crippen LogP contribution in [0.1, 0.15) is 29.8 Å². The number of benzene rings is 2. The number of hydrogen-bond acceptors (Lipinski definition) is 3. The lowest BCUT2D eigenvalue weighted by Gasteiger charge is -2.34. The Bertz CT molecular complexity index is 865. The Morgan fingerprint density at radius 2 is 1.73 bits per heavy atom. The van der Waals surface area contributed by atoms with Gasteiger partial charge in [0.25, 0.3) is 5.91 Å². The standard InChI is InChI=1S/C23H29ClN4O2/c1-17(2)15-25-22(29)20-9-8-19(14-21(20)24)26-23(30)28-12-10-27(11-13-28)16-18-6-4-3-5-7-18/h3-9,14,17H,10-13,15-16H2,1-2H3,(H,25,29)(H,26,30). The molecule has 2 N–H and O–H groups in total. The number of urea groups is 1. The van der Waals surface area contributed by atoms with Gasteiger partial charge in [-0.25, -0.2) is 4.79 Å². The molecule has 160 valence electrons. The van der Waals surface area contributed by atoms with Crippen LogP contribution in [0.5, 0.6) is 0 Å². The molecule has 1 aliphatic heterocycles. The molecule has 1 saturated heterocycles. The number of piperazine rings is 1. The Morgan fingerprint density at radius 3 is 2.37 bits per heavy atom. The number of carbonyl (C=O) groups excluding carboxylic acids is 2. The topological polar surface area (TPSA) is 64.7 Å². The maximum Gasteiger partial charge on any atom is 0.321 e. The molecule has 7 heteroatoms. The van der Waals surface area contributed by atoms with Crippen molar-refractivity contribution in [3.63, 3.8) is 0 Å². The Hall–Kier alpha value is -2.57. The Labute approximate surface area is 183 Å². The second-order valence-electron chi connectivity index (χ2n) is 7.98. The van der Waals surface area contributed by atoms with Gasteiger partial charge in [0.1, 0.15) is 0 Å². The van der Waals surface area contributed by atoms with Crippen LogP contribution in [0, 0.1) is 5.92 Å². The van der Waals surface area contributed by atoms with Crippen LogP contribution in [0.2, 0.25) is 5.02 Å². The first-order valence-electron chi connectivity index (χ1n) is 10.3. The van der Waals surface area contributed by atoms with Crippen molar-refractivity contribution in [2.45, 2.75) is 20.4 Å².